The molecule has 0 bridgehead atoms. The van der Waals surface area contributed by atoms with Gasteiger partial charge in [-0.2, -0.15) is 0 Å². The fourth-order valence-electron chi connectivity index (χ4n) is 2.08. The number of aromatic nitrogens is 1. The first-order valence-electron chi connectivity index (χ1n) is 6.31. The predicted octanol–water partition coefficient (Wildman–Crippen LogP) is 3.89. The highest BCUT2D eigenvalue weighted by atomic mass is 19.1. The van der Waals surface area contributed by atoms with Crippen molar-refractivity contribution in [2.24, 2.45) is 0 Å². The molecule has 3 rings (SSSR count). The summed E-state index contributed by atoms with van der Waals surface area (Å²) in [7, 11) is 1.31. The standard InChI is InChI=1S/C16H12FNO3/c1-20-16(19)13-9-10-12(18-13)6-4-8-14(10)21-15-7-3-2-5-11(15)17/h2-9,18H,1H3. The second-order valence-corrected chi connectivity index (χ2v) is 4.42. The Kier molecular flexibility index (Phi) is 3.31. The molecule has 0 aliphatic heterocycles. The number of benzene rings is 2. The number of nitrogens with one attached hydrogen (secondary N) is 1. The second kappa shape index (κ2) is 5.28. The van der Waals surface area contributed by atoms with Gasteiger partial charge in [0.05, 0.1) is 7.11 Å². The highest BCUT2D eigenvalue weighted by molar-refractivity contribution is 5.97. The van der Waals surface area contributed by atoms with Crippen molar-refractivity contribution in [3.63, 3.8) is 0 Å². The molecule has 1 aromatic heterocycles. The zero-order chi connectivity index (χ0) is 14.8. The zero-order valence-corrected chi connectivity index (χ0v) is 11.2. The summed E-state index contributed by atoms with van der Waals surface area (Å²) < 4.78 is 23.9. The number of esters is 1. The highest BCUT2D eigenvalue weighted by Gasteiger charge is 2.13. The summed E-state index contributed by atoms with van der Waals surface area (Å²) >= 11 is 0. The van der Waals surface area contributed by atoms with Gasteiger partial charge in [0.15, 0.2) is 11.6 Å². The van der Waals surface area contributed by atoms with Crippen molar-refractivity contribution in [1.82, 2.24) is 4.98 Å². The maximum Gasteiger partial charge on any atom is 0.354 e. The van der Waals surface area contributed by atoms with Crippen molar-refractivity contribution in [1.29, 1.82) is 0 Å². The van der Waals surface area contributed by atoms with Gasteiger partial charge in [-0.15, -0.1) is 0 Å². The number of carbonyl (C=O) groups excluding carboxylic acids is 1. The van der Waals surface area contributed by atoms with Crippen LogP contribution in [0, 0.1) is 5.82 Å². The molecule has 3 aromatic rings. The van der Waals surface area contributed by atoms with E-state index in [1.807, 2.05) is 0 Å². The Balaban J connectivity index is 2.05. The van der Waals surface area contributed by atoms with Gasteiger partial charge >= 0.3 is 5.97 Å². The number of para-hydroxylation sites is 1. The smallest absolute Gasteiger partial charge is 0.354 e. The van der Waals surface area contributed by atoms with Crippen LogP contribution in [-0.2, 0) is 4.74 Å². The Bertz CT molecular complexity index is 810. The molecule has 21 heavy (non-hydrogen) atoms. The van der Waals surface area contributed by atoms with Crippen LogP contribution in [0.15, 0.2) is 48.5 Å². The molecule has 5 heteroatoms. The Morgan fingerprint density at radius 2 is 1.86 bits per heavy atom. The number of hydrogen-bond donors (Lipinski definition) is 1. The molecule has 106 valence electrons. The minimum Gasteiger partial charge on any atom is -0.464 e. The maximum absolute atomic E-state index is 13.7. The number of halogens is 1. The number of hydrogen-bond acceptors (Lipinski definition) is 3. The van der Waals surface area contributed by atoms with E-state index < -0.39 is 11.8 Å². The minimum atomic E-state index is -0.469. The van der Waals surface area contributed by atoms with Gasteiger partial charge in [-0.3, -0.25) is 0 Å². The quantitative estimate of drug-likeness (QED) is 0.743. The van der Waals surface area contributed by atoms with Crippen LogP contribution in [0.4, 0.5) is 4.39 Å². The van der Waals surface area contributed by atoms with Gasteiger partial charge in [-0.05, 0) is 30.3 Å². The molecule has 2 aromatic carbocycles. The lowest BCUT2D eigenvalue weighted by atomic mass is 10.2. The van der Waals surface area contributed by atoms with Crippen molar-refractivity contribution in [3.05, 3.63) is 60.0 Å². The van der Waals surface area contributed by atoms with Crippen molar-refractivity contribution in [2.45, 2.75) is 0 Å². The van der Waals surface area contributed by atoms with E-state index in [1.54, 1.807) is 42.5 Å². The number of carbonyl (C=O) groups is 1. The molecule has 0 aliphatic rings. The van der Waals surface area contributed by atoms with E-state index in [0.717, 1.165) is 0 Å². The molecule has 0 amide bonds. The lowest BCUT2D eigenvalue weighted by Gasteiger charge is -2.07. The molecular formula is C16H12FNO3. The van der Waals surface area contributed by atoms with Crippen molar-refractivity contribution in [2.75, 3.05) is 7.11 Å². The molecule has 0 atom stereocenters. The molecule has 0 saturated carbocycles. The van der Waals surface area contributed by atoms with Gasteiger partial charge < -0.3 is 14.5 Å². The van der Waals surface area contributed by atoms with Crippen LogP contribution in [0.3, 0.4) is 0 Å². The normalized spacial score (nSPS) is 10.6. The van der Waals surface area contributed by atoms with Gasteiger partial charge in [0.25, 0.3) is 0 Å². The van der Waals surface area contributed by atoms with Crippen LogP contribution in [0.1, 0.15) is 10.5 Å². The van der Waals surface area contributed by atoms with Crippen LogP contribution in [0.2, 0.25) is 0 Å². The topological polar surface area (TPSA) is 51.3 Å². The predicted molar refractivity (Wildman–Crippen MR) is 76.1 cm³/mol. The highest BCUT2D eigenvalue weighted by Crippen LogP contribution is 2.31. The van der Waals surface area contributed by atoms with Crippen molar-refractivity contribution < 1.29 is 18.7 Å². The van der Waals surface area contributed by atoms with Crippen LogP contribution in [0.25, 0.3) is 10.9 Å². The molecule has 0 unspecified atom stereocenters. The maximum atomic E-state index is 13.7. The number of fused-ring (bicyclic) bond motifs is 1. The Hall–Kier alpha value is -2.82. The number of H-pyrrole nitrogens is 1. The molecule has 0 fully saturated rings. The van der Waals surface area contributed by atoms with E-state index in [9.17, 15) is 9.18 Å². The van der Waals surface area contributed by atoms with E-state index in [4.69, 9.17) is 4.74 Å². The summed E-state index contributed by atoms with van der Waals surface area (Å²) in [5.41, 5.74) is 1.03. The third-order valence-electron chi connectivity index (χ3n) is 3.09. The zero-order valence-electron chi connectivity index (χ0n) is 11.2. The second-order valence-electron chi connectivity index (χ2n) is 4.42. The van der Waals surface area contributed by atoms with Crippen LogP contribution >= 0.6 is 0 Å². The summed E-state index contributed by atoms with van der Waals surface area (Å²) in [6.07, 6.45) is 0. The lowest BCUT2D eigenvalue weighted by molar-refractivity contribution is 0.0595. The molecular weight excluding hydrogens is 273 g/mol. The third-order valence-corrected chi connectivity index (χ3v) is 3.09. The van der Waals surface area contributed by atoms with E-state index in [1.165, 1.54) is 13.2 Å². The monoisotopic (exact) mass is 285 g/mol. The first-order chi connectivity index (χ1) is 10.2. The number of ether oxygens (including phenoxy) is 2. The molecule has 1 N–H and O–H groups in total. The third kappa shape index (κ3) is 2.45. The molecule has 4 nitrogen and oxygen atoms in total. The van der Waals surface area contributed by atoms with Gasteiger partial charge in [0.2, 0.25) is 0 Å². The van der Waals surface area contributed by atoms with Gasteiger partial charge in [-0.25, -0.2) is 9.18 Å². The average molecular weight is 285 g/mol. The van der Waals surface area contributed by atoms with E-state index in [0.29, 0.717) is 22.3 Å². The largest absolute Gasteiger partial charge is 0.464 e. The van der Waals surface area contributed by atoms with E-state index in [2.05, 4.69) is 9.72 Å². The Labute approximate surface area is 120 Å². The summed E-state index contributed by atoms with van der Waals surface area (Å²) in [4.78, 5) is 14.5. The number of methoxy groups -OCH3 is 1. The van der Waals surface area contributed by atoms with Gasteiger partial charge in [0, 0.05) is 10.9 Å². The van der Waals surface area contributed by atoms with Gasteiger partial charge in [0.1, 0.15) is 11.4 Å². The van der Waals surface area contributed by atoms with Crippen molar-refractivity contribution >= 4 is 16.9 Å². The first kappa shape index (κ1) is 13.2. The van der Waals surface area contributed by atoms with Crippen LogP contribution in [0.5, 0.6) is 11.5 Å². The first-order valence-corrected chi connectivity index (χ1v) is 6.31. The SMILES string of the molecule is COC(=O)c1cc2c(Oc3ccccc3F)cccc2[nH]1. The summed E-state index contributed by atoms with van der Waals surface area (Å²) in [5.74, 6) is -0.323. The molecule has 0 radical (unpaired) electrons. The van der Waals surface area contributed by atoms with Crippen LogP contribution < -0.4 is 4.74 Å². The summed E-state index contributed by atoms with van der Waals surface area (Å²) in [5, 5.41) is 0.682. The summed E-state index contributed by atoms with van der Waals surface area (Å²) in [6.45, 7) is 0. The lowest BCUT2D eigenvalue weighted by Crippen LogP contribution is -2.00. The fourth-order valence-corrected chi connectivity index (χ4v) is 2.08. The average Bonchev–Trinajstić information content (AvgIpc) is 2.94. The Morgan fingerprint density at radius 1 is 1.10 bits per heavy atom. The van der Waals surface area contributed by atoms with Crippen molar-refractivity contribution in [3.8, 4) is 11.5 Å². The molecule has 0 saturated heterocycles. The van der Waals surface area contributed by atoms with Gasteiger partial charge in [-0.1, -0.05) is 18.2 Å². The van der Waals surface area contributed by atoms with Crippen LogP contribution in [-0.4, -0.2) is 18.1 Å². The molecule has 0 aliphatic carbocycles. The molecule has 0 spiro atoms. The number of rotatable bonds is 3. The molecule has 1 heterocycles. The Morgan fingerprint density at radius 3 is 2.62 bits per heavy atom. The van der Waals surface area contributed by atoms with E-state index in [-0.39, 0.29) is 5.75 Å². The fraction of sp³-hybridized carbons (Fsp3) is 0.0625. The number of aromatic amines is 1. The minimum absolute atomic E-state index is 0.130. The summed E-state index contributed by atoms with van der Waals surface area (Å²) in [6, 6.07) is 13.0. The van der Waals surface area contributed by atoms with E-state index >= 15 is 0 Å².